The molecule has 0 unspecified atom stereocenters. The number of nitrogens with zero attached hydrogens (tertiary/aromatic N) is 6. The predicted molar refractivity (Wildman–Crippen MR) is 178 cm³/mol. The summed E-state index contributed by atoms with van der Waals surface area (Å²) >= 11 is 6.44. The molecule has 0 bridgehead atoms. The van der Waals surface area contributed by atoms with Crippen molar-refractivity contribution < 1.29 is 35.9 Å². The van der Waals surface area contributed by atoms with Crippen molar-refractivity contribution in [3.63, 3.8) is 0 Å². The van der Waals surface area contributed by atoms with Gasteiger partial charge in [-0.25, -0.2) is 31.9 Å². The van der Waals surface area contributed by atoms with Crippen molar-refractivity contribution in [1.82, 2.24) is 34.8 Å². The second kappa shape index (κ2) is 14.0. The van der Waals surface area contributed by atoms with Gasteiger partial charge >= 0.3 is 6.55 Å². The number of aromatic nitrogens is 5. The van der Waals surface area contributed by atoms with Gasteiger partial charge in [0.2, 0.25) is 0 Å². The van der Waals surface area contributed by atoms with E-state index >= 15 is 0 Å². The van der Waals surface area contributed by atoms with Gasteiger partial charge < -0.3 is 10.1 Å². The number of carbonyl (C=O) groups is 1. The number of nitrogens with one attached hydrogen (secondary N) is 2. The van der Waals surface area contributed by atoms with Crippen molar-refractivity contribution in [1.29, 1.82) is 5.41 Å². The largest absolute Gasteiger partial charge is 0.488 e. The fraction of sp³-hybridized carbons (Fsp3) is 0.286. The third-order valence-corrected chi connectivity index (χ3v) is 8.74. The van der Waals surface area contributed by atoms with Gasteiger partial charge in [0, 0.05) is 17.8 Å². The molecule has 1 amide bonds. The van der Waals surface area contributed by atoms with E-state index in [2.05, 4.69) is 20.5 Å². The number of halogens is 7. The second-order valence-corrected chi connectivity index (χ2v) is 13.7. The molecule has 1 saturated heterocycles. The fourth-order valence-electron chi connectivity index (χ4n) is 6.24. The van der Waals surface area contributed by atoms with Crippen LogP contribution in [0.4, 0.5) is 26.3 Å². The number of alkyl halides is 4. The van der Waals surface area contributed by atoms with Crippen LogP contribution in [-0.4, -0.2) is 47.9 Å². The van der Waals surface area contributed by atoms with Crippen LogP contribution in [0.2, 0.25) is 5.02 Å². The first kappa shape index (κ1) is 36.4. The molecule has 2 N–H and O–H groups in total. The lowest BCUT2D eigenvalue weighted by Gasteiger charge is -2.35. The Bertz CT molecular complexity index is 2120. The van der Waals surface area contributed by atoms with E-state index in [1.165, 1.54) is 30.6 Å². The molecule has 1 fully saturated rings. The van der Waals surface area contributed by atoms with Crippen LogP contribution in [-0.2, 0) is 10.3 Å². The van der Waals surface area contributed by atoms with Crippen molar-refractivity contribution in [2.24, 2.45) is 5.41 Å². The van der Waals surface area contributed by atoms with Gasteiger partial charge in [-0.1, -0.05) is 62.7 Å². The van der Waals surface area contributed by atoms with Crippen LogP contribution in [0.1, 0.15) is 63.2 Å². The summed E-state index contributed by atoms with van der Waals surface area (Å²) in [5, 5.41) is 19.8. The molecule has 0 radical (unpaired) electrons. The Labute approximate surface area is 298 Å². The average Bonchev–Trinajstić information content (AvgIpc) is 3.82. The zero-order valence-electron chi connectivity index (χ0n) is 27.8. The lowest BCUT2D eigenvalue weighted by atomic mass is 9.75. The Morgan fingerprint density at radius 1 is 0.981 bits per heavy atom. The SMILES string of the molecule is CC(C)(C)C[C@]1(c2ccc(-c3cnn(C(F)F)c3)cc2)NC(=N)N([C@H](COc2ccc(F)cc2F)c2ccc(Cl)c(-n3ncnc3C(F)F)c2)C1=O. The second-order valence-electron chi connectivity index (χ2n) is 13.3. The van der Waals surface area contributed by atoms with Crippen molar-refractivity contribution in [3.05, 3.63) is 113 Å². The van der Waals surface area contributed by atoms with E-state index in [4.69, 9.17) is 21.7 Å². The summed E-state index contributed by atoms with van der Waals surface area (Å²) in [7, 11) is 0. The molecule has 1 aliphatic rings. The molecular weight excluding hydrogens is 714 g/mol. The highest BCUT2D eigenvalue weighted by Crippen LogP contribution is 2.43. The molecule has 10 nitrogen and oxygen atoms in total. The number of benzene rings is 3. The summed E-state index contributed by atoms with van der Waals surface area (Å²) in [6.45, 7) is 2.43. The summed E-state index contributed by atoms with van der Waals surface area (Å²) in [6, 6.07) is 12.4. The average molecular weight is 745 g/mol. The fourth-order valence-corrected chi connectivity index (χ4v) is 6.44. The van der Waals surface area contributed by atoms with E-state index in [0.717, 1.165) is 28.0 Å². The Morgan fingerprint density at radius 3 is 2.35 bits per heavy atom. The van der Waals surface area contributed by atoms with E-state index in [1.54, 1.807) is 24.3 Å². The van der Waals surface area contributed by atoms with Crippen LogP contribution in [0.3, 0.4) is 0 Å². The van der Waals surface area contributed by atoms with E-state index in [-0.39, 0.29) is 34.4 Å². The molecule has 2 aromatic heterocycles. The molecular formula is C35H31ClF6N8O2. The molecule has 0 aliphatic carbocycles. The van der Waals surface area contributed by atoms with Gasteiger partial charge in [0.1, 0.15) is 24.3 Å². The molecule has 3 aromatic carbocycles. The van der Waals surface area contributed by atoms with E-state index < -0.39 is 59.9 Å². The van der Waals surface area contributed by atoms with Gasteiger partial charge in [0.25, 0.3) is 12.3 Å². The topological polar surface area (TPSA) is 114 Å². The Kier molecular flexibility index (Phi) is 9.79. The van der Waals surface area contributed by atoms with Crippen LogP contribution in [0.25, 0.3) is 16.8 Å². The van der Waals surface area contributed by atoms with Gasteiger partial charge in [-0.05, 0) is 52.8 Å². The maximum Gasteiger partial charge on any atom is 0.333 e. The molecule has 5 aromatic rings. The first-order valence-corrected chi connectivity index (χ1v) is 16.1. The minimum Gasteiger partial charge on any atom is -0.488 e. The van der Waals surface area contributed by atoms with Gasteiger partial charge in [-0.15, -0.1) is 0 Å². The summed E-state index contributed by atoms with van der Waals surface area (Å²) in [4.78, 5) is 19.6. The highest BCUT2D eigenvalue weighted by Gasteiger charge is 2.54. The van der Waals surface area contributed by atoms with Gasteiger partial charge in [-0.3, -0.25) is 15.1 Å². The summed E-state index contributed by atoms with van der Waals surface area (Å²) in [5.74, 6) is -3.83. The standard InChI is InChI=1S/C35H31ClF6N8O2/c1-34(2,3)17-35(22-7-4-19(5-8-22)21-14-45-48(15-21)32(41)42)31(51)49(33(43)47-35)27(16-52-28-11-9-23(37)13-25(28)38)20-6-10-24(36)26(12-20)50-30(29(39)40)44-18-46-50/h4-15,18,27,29,32H,16-17H2,1-3H3,(H2,43,47)/t27-,35-/m1/s1. The van der Waals surface area contributed by atoms with Gasteiger partial charge in [-0.2, -0.15) is 19.0 Å². The van der Waals surface area contributed by atoms with Crippen LogP contribution in [0.15, 0.2) is 79.4 Å². The smallest absolute Gasteiger partial charge is 0.333 e. The monoisotopic (exact) mass is 744 g/mol. The van der Waals surface area contributed by atoms with E-state index in [1.807, 2.05) is 20.8 Å². The zero-order chi connectivity index (χ0) is 37.5. The first-order valence-electron chi connectivity index (χ1n) is 15.8. The first-order chi connectivity index (χ1) is 24.6. The lowest BCUT2D eigenvalue weighted by molar-refractivity contribution is -0.134. The van der Waals surface area contributed by atoms with Gasteiger partial charge in [0.05, 0.1) is 22.9 Å². The maximum absolute atomic E-state index is 14.9. The van der Waals surface area contributed by atoms with Crippen molar-refractivity contribution in [3.8, 4) is 22.6 Å². The Morgan fingerprint density at radius 2 is 1.71 bits per heavy atom. The lowest BCUT2D eigenvalue weighted by Crippen LogP contribution is -2.47. The Hall–Kier alpha value is -5.38. The van der Waals surface area contributed by atoms with Crippen molar-refractivity contribution in [2.45, 2.75) is 51.7 Å². The molecule has 17 heteroatoms. The predicted octanol–water partition coefficient (Wildman–Crippen LogP) is 8.21. The molecule has 3 heterocycles. The summed E-state index contributed by atoms with van der Waals surface area (Å²) in [5.41, 5.74) is -0.386. The number of hydrogen-bond donors (Lipinski definition) is 2. The third-order valence-electron chi connectivity index (χ3n) is 8.42. The summed E-state index contributed by atoms with van der Waals surface area (Å²) in [6.07, 6.45) is 0.581. The number of carbonyl (C=O) groups excluding carboxylic acids is 1. The molecule has 6 rings (SSSR count). The highest BCUT2D eigenvalue weighted by molar-refractivity contribution is 6.32. The highest BCUT2D eigenvalue weighted by atomic mass is 35.5. The molecule has 272 valence electrons. The number of rotatable bonds is 11. The third kappa shape index (κ3) is 7.07. The molecule has 2 atom stereocenters. The molecule has 0 spiro atoms. The number of ether oxygens (including phenoxy) is 1. The number of hydrogen-bond acceptors (Lipinski definition) is 6. The van der Waals surface area contributed by atoms with E-state index in [9.17, 15) is 31.1 Å². The van der Waals surface area contributed by atoms with Gasteiger partial charge in [0.15, 0.2) is 23.4 Å². The van der Waals surface area contributed by atoms with E-state index in [0.29, 0.717) is 27.4 Å². The van der Waals surface area contributed by atoms with Crippen LogP contribution in [0.5, 0.6) is 5.75 Å². The minimum atomic E-state index is -3.01. The quantitative estimate of drug-likeness (QED) is 0.132. The van der Waals surface area contributed by atoms with Crippen LogP contribution in [0, 0.1) is 22.5 Å². The minimum absolute atomic E-state index is 0.0113. The maximum atomic E-state index is 14.9. The zero-order valence-corrected chi connectivity index (χ0v) is 28.6. The van der Waals surface area contributed by atoms with Crippen molar-refractivity contribution >= 4 is 23.5 Å². The molecule has 52 heavy (non-hydrogen) atoms. The molecule has 1 aliphatic heterocycles. The van der Waals surface area contributed by atoms with Crippen LogP contribution < -0.4 is 10.1 Å². The number of guanidine groups is 1. The van der Waals surface area contributed by atoms with Crippen molar-refractivity contribution in [2.75, 3.05) is 6.61 Å². The normalized spacial score (nSPS) is 17.0. The van der Waals surface area contributed by atoms with Crippen LogP contribution >= 0.6 is 11.6 Å². The number of amides is 1. The summed E-state index contributed by atoms with van der Waals surface area (Å²) < 4.78 is 89.6. The Balaban J connectivity index is 1.44. The molecule has 0 saturated carbocycles.